The Morgan fingerprint density at radius 2 is 1.89 bits per heavy atom. The van der Waals surface area contributed by atoms with Gasteiger partial charge in [0, 0.05) is 6.54 Å². The molecule has 0 radical (unpaired) electrons. The molecule has 1 fully saturated rings. The number of likely N-dealkylation sites (tertiary alicyclic amines) is 1. The van der Waals surface area contributed by atoms with Gasteiger partial charge in [0.1, 0.15) is 5.82 Å². The third-order valence-corrected chi connectivity index (χ3v) is 3.40. The van der Waals surface area contributed by atoms with Gasteiger partial charge in [-0.3, -0.25) is 4.90 Å². The van der Waals surface area contributed by atoms with E-state index in [2.05, 4.69) is 4.90 Å². The Morgan fingerprint density at radius 1 is 1.22 bits per heavy atom. The minimum Gasteiger partial charge on any atom is -0.299 e. The van der Waals surface area contributed by atoms with Crippen LogP contribution in [0.3, 0.4) is 0 Å². The SMILES string of the molecule is [2H]c1c([2H])c(C(C)(C)C)c(F)c([2H])c1CN1CCCCC1. The van der Waals surface area contributed by atoms with Gasteiger partial charge >= 0.3 is 0 Å². The zero-order chi connectivity index (χ0) is 15.8. The van der Waals surface area contributed by atoms with Crippen LogP contribution in [0.25, 0.3) is 0 Å². The van der Waals surface area contributed by atoms with Crippen molar-refractivity contribution in [2.75, 3.05) is 13.1 Å². The van der Waals surface area contributed by atoms with E-state index in [0.29, 0.717) is 12.1 Å². The van der Waals surface area contributed by atoms with Gasteiger partial charge in [0.2, 0.25) is 0 Å². The molecule has 0 N–H and O–H groups in total. The summed E-state index contributed by atoms with van der Waals surface area (Å²) in [7, 11) is 0. The zero-order valence-electron chi connectivity index (χ0n) is 14.6. The van der Waals surface area contributed by atoms with E-state index in [1.54, 1.807) is 0 Å². The molecule has 0 amide bonds. The van der Waals surface area contributed by atoms with Gasteiger partial charge < -0.3 is 0 Å². The van der Waals surface area contributed by atoms with Crippen LogP contribution >= 0.6 is 0 Å². The molecular weight excluding hydrogens is 225 g/mol. The molecule has 2 heteroatoms. The highest BCUT2D eigenvalue weighted by Crippen LogP contribution is 2.26. The van der Waals surface area contributed by atoms with Crippen LogP contribution in [-0.4, -0.2) is 18.0 Å². The van der Waals surface area contributed by atoms with Gasteiger partial charge in [-0.2, -0.15) is 0 Å². The molecule has 1 aromatic rings. The standard InChI is InChI=1S/C16H24FN/c1-16(2,3)14-8-7-13(11-15(14)17)12-18-9-5-4-6-10-18/h7-8,11H,4-6,9-10,12H2,1-3H3/i7D,8D,11D. The quantitative estimate of drug-likeness (QED) is 0.765. The molecule has 1 heterocycles. The molecule has 0 bridgehead atoms. The largest absolute Gasteiger partial charge is 0.299 e. The Bertz CT molecular complexity index is 502. The molecule has 1 aliphatic heterocycles. The van der Waals surface area contributed by atoms with E-state index in [4.69, 9.17) is 4.11 Å². The minimum absolute atomic E-state index is 0.0110. The fraction of sp³-hybridized carbons (Fsp3) is 0.625. The number of nitrogens with zero attached hydrogens (tertiary/aromatic N) is 1. The minimum atomic E-state index is -0.629. The van der Waals surface area contributed by atoms with Crippen LogP contribution in [0, 0.1) is 5.82 Å². The Hall–Kier alpha value is -0.890. The molecule has 0 aromatic heterocycles. The highest BCUT2D eigenvalue weighted by molar-refractivity contribution is 5.29. The highest BCUT2D eigenvalue weighted by Gasteiger charge is 2.19. The fourth-order valence-corrected chi connectivity index (χ4v) is 2.36. The van der Waals surface area contributed by atoms with E-state index in [1.165, 1.54) is 6.42 Å². The summed E-state index contributed by atoms with van der Waals surface area (Å²) in [4.78, 5) is 2.16. The molecule has 0 unspecified atom stereocenters. The van der Waals surface area contributed by atoms with Crippen molar-refractivity contribution >= 4 is 0 Å². The van der Waals surface area contributed by atoms with Crippen molar-refractivity contribution in [1.82, 2.24) is 4.90 Å². The lowest BCUT2D eigenvalue weighted by Gasteiger charge is -2.27. The topological polar surface area (TPSA) is 3.24 Å². The van der Waals surface area contributed by atoms with Crippen molar-refractivity contribution in [3.05, 3.63) is 35.1 Å². The fourth-order valence-electron chi connectivity index (χ4n) is 2.36. The van der Waals surface area contributed by atoms with Crippen LogP contribution < -0.4 is 0 Å². The maximum absolute atomic E-state index is 14.5. The molecule has 1 aromatic carbocycles. The zero-order valence-corrected chi connectivity index (χ0v) is 11.6. The molecule has 18 heavy (non-hydrogen) atoms. The highest BCUT2D eigenvalue weighted by atomic mass is 19.1. The van der Waals surface area contributed by atoms with E-state index in [1.807, 2.05) is 20.8 Å². The molecule has 2 rings (SSSR count). The van der Waals surface area contributed by atoms with Crippen LogP contribution in [0.5, 0.6) is 0 Å². The predicted octanol–water partition coefficient (Wildman–Crippen LogP) is 4.11. The predicted molar refractivity (Wildman–Crippen MR) is 74.2 cm³/mol. The van der Waals surface area contributed by atoms with Gasteiger partial charge in [-0.25, -0.2) is 4.39 Å². The monoisotopic (exact) mass is 252 g/mol. The Labute approximate surface area is 114 Å². The lowest BCUT2D eigenvalue weighted by molar-refractivity contribution is 0.220. The first-order valence-electron chi connectivity index (χ1n) is 8.24. The average molecular weight is 252 g/mol. The van der Waals surface area contributed by atoms with Crippen LogP contribution in [0.2, 0.25) is 0 Å². The van der Waals surface area contributed by atoms with Crippen molar-refractivity contribution in [1.29, 1.82) is 0 Å². The second-order valence-electron chi connectivity index (χ2n) is 6.13. The summed E-state index contributed by atoms with van der Waals surface area (Å²) in [6.07, 6.45) is 3.42. The number of hydrogen-bond donors (Lipinski definition) is 0. The molecule has 0 spiro atoms. The van der Waals surface area contributed by atoms with Gasteiger partial charge in [-0.15, -0.1) is 0 Å². The van der Waals surface area contributed by atoms with Gasteiger partial charge in [0.15, 0.2) is 0 Å². The first kappa shape index (κ1) is 9.96. The van der Waals surface area contributed by atoms with Gasteiger partial charge in [0.05, 0.1) is 4.11 Å². The van der Waals surface area contributed by atoms with E-state index in [9.17, 15) is 4.39 Å². The van der Waals surface area contributed by atoms with E-state index in [0.717, 1.165) is 25.9 Å². The summed E-state index contributed by atoms with van der Waals surface area (Å²) in [5, 5.41) is 0. The molecule has 1 nitrogen and oxygen atoms in total. The number of benzene rings is 1. The Balaban J connectivity index is 2.43. The summed E-state index contributed by atoms with van der Waals surface area (Å²) in [5.74, 6) is -0.629. The van der Waals surface area contributed by atoms with E-state index >= 15 is 0 Å². The van der Waals surface area contributed by atoms with Crippen molar-refractivity contribution < 1.29 is 8.50 Å². The lowest BCUT2D eigenvalue weighted by Crippen LogP contribution is -2.29. The second kappa shape index (κ2) is 5.40. The lowest BCUT2D eigenvalue weighted by atomic mass is 9.86. The summed E-state index contributed by atoms with van der Waals surface area (Å²) in [6, 6.07) is -0.258. The summed E-state index contributed by atoms with van der Waals surface area (Å²) in [6.45, 7) is 7.69. The van der Waals surface area contributed by atoms with Gasteiger partial charge in [-0.05, 0) is 48.5 Å². The molecular formula is C16H24FN. The summed E-state index contributed by atoms with van der Waals surface area (Å²) in [5.41, 5.74) is -0.0385. The van der Waals surface area contributed by atoms with E-state index in [-0.39, 0.29) is 23.7 Å². The molecule has 1 saturated heterocycles. The van der Waals surface area contributed by atoms with E-state index < -0.39 is 11.2 Å². The van der Waals surface area contributed by atoms with Crippen molar-refractivity contribution in [2.45, 2.75) is 52.0 Å². The maximum atomic E-state index is 14.5. The smallest absolute Gasteiger partial charge is 0.127 e. The number of piperidine rings is 1. The summed E-state index contributed by atoms with van der Waals surface area (Å²) >= 11 is 0. The molecule has 0 aliphatic carbocycles. The first-order valence-corrected chi connectivity index (χ1v) is 6.74. The van der Waals surface area contributed by atoms with Gasteiger partial charge in [-0.1, -0.05) is 39.3 Å². The maximum Gasteiger partial charge on any atom is 0.127 e. The van der Waals surface area contributed by atoms with Crippen molar-refractivity contribution in [3.8, 4) is 0 Å². The van der Waals surface area contributed by atoms with Gasteiger partial charge in [0.25, 0.3) is 0 Å². The first-order chi connectivity index (χ1) is 9.73. The number of halogens is 1. The normalized spacial score (nSPS) is 20.3. The van der Waals surface area contributed by atoms with Crippen LogP contribution in [0.1, 0.15) is 55.3 Å². The van der Waals surface area contributed by atoms with Crippen LogP contribution in [-0.2, 0) is 12.0 Å². The van der Waals surface area contributed by atoms with Crippen molar-refractivity contribution in [2.24, 2.45) is 0 Å². The number of rotatable bonds is 2. The van der Waals surface area contributed by atoms with Crippen LogP contribution in [0.15, 0.2) is 18.1 Å². The molecule has 0 atom stereocenters. The summed E-state index contributed by atoms with van der Waals surface area (Å²) < 4.78 is 38.9. The van der Waals surface area contributed by atoms with Crippen molar-refractivity contribution in [3.63, 3.8) is 0 Å². The second-order valence-corrected chi connectivity index (χ2v) is 6.13. The Kier molecular flexibility index (Phi) is 2.99. The average Bonchev–Trinajstić information content (AvgIpc) is 2.41. The van der Waals surface area contributed by atoms with Crippen LogP contribution in [0.4, 0.5) is 4.39 Å². The third kappa shape index (κ3) is 3.32. The third-order valence-electron chi connectivity index (χ3n) is 3.40. The number of hydrogen-bond acceptors (Lipinski definition) is 1. The molecule has 100 valence electrons. The Morgan fingerprint density at radius 3 is 2.50 bits per heavy atom. The molecule has 1 aliphatic rings. The molecule has 0 saturated carbocycles.